The number of hydrogen-bond acceptors (Lipinski definition) is 2. The molecule has 0 amide bonds. The van der Waals surface area contributed by atoms with E-state index in [4.69, 9.17) is 0 Å². The maximum atomic E-state index is 11.5. The lowest BCUT2D eigenvalue weighted by atomic mass is 9.73. The molecular weight excluding hydrogens is 236 g/mol. The Bertz CT molecular complexity index is 658. The van der Waals surface area contributed by atoms with Crippen molar-refractivity contribution in [2.75, 3.05) is 0 Å². The van der Waals surface area contributed by atoms with Gasteiger partial charge in [0.1, 0.15) is 12.6 Å². The third kappa shape index (κ3) is 1.72. The van der Waals surface area contributed by atoms with Crippen molar-refractivity contribution in [2.45, 2.75) is 18.8 Å². The van der Waals surface area contributed by atoms with Gasteiger partial charge in [-0.25, -0.2) is 0 Å². The summed E-state index contributed by atoms with van der Waals surface area (Å²) in [6.45, 7) is 2.00. The molecule has 94 valence electrons. The first-order chi connectivity index (χ1) is 9.26. The zero-order valence-corrected chi connectivity index (χ0v) is 10.7. The molecule has 2 aromatic carbocycles. The van der Waals surface area contributed by atoms with Gasteiger partial charge in [0.05, 0.1) is 11.8 Å². The van der Waals surface area contributed by atoms with E-state index in [2.05, 4.69) is 0 Å². The molecule has 2 atom stereocenters. The van der Waals surface area contributed by atoms with Crippen molar-refractivity contribution in [2.24, 2.45) is 0 Å². The van der Waals surface area contributed by atoms with E-state index < -0.39 is 0 Å². The fourth-order valence-corrected chi connectivity index (χ4v) is 2.95. The summed E-state index contributed by atoms with van der Waals surface area (Å²) in [6, 6.07) is 13.7. The third-order valence-corrected chi connectivity index (χ3v) is 3.85. The Balaban J connectivity index is 2.31. The topological polar surface area (TPSA) is 34.1 Å². The molecule has 0 spiro atoms. The third-order valence-electron chi connectivity index (χ3n) is 3.85. The zero-order valence-electron chi connectivity index (χ0n) is 10.7. The van der Waals surface area contributed by atoms with Gasteiger partial charge in [-0.05, 0) is 29.2 Å². The highest BCUT2D eigenvalue weighted by Gasteiger charge is 2.31. The van der Waals surface area contributed by atoms with Crippen LogP contribution < -0.4 is 0 Å². The summed E-state index contributed by atoms with van der Waals surface area (Å²) in [6.07, 6.45) is 1.94. The average molecular weight is 250 g/mol. The molecular formula is C17H14O2. The fourth-order valence-electron chi connectivity index (χ4n) is 2.95. The van der Waals surface area contributed by atoms with Crippen LogP contribution in [-0.2, 0) is 9.59 Å². The van der Waals surface area contributed by atoms with Crippen molar-refractivity contribution in [1.29, 1.82) is 0 Å². The van der Waals surface area contributed by atoms with Gasteiger partial charge >= 0.3 is 0 Å². The van der Waals surface area contributed by atoms with Gasteiger partial charge in [-0.2, -0.15) is 0 Å². The van der Waals surface area contributed by atoms with Gasteiger partial charge in [-0.3, -0.25) is 0 Å². The first-order valence-electron chi connectivity index (χ1n) is 6.36. The number of aldehydes is 2. The minimum atomic E-state index is -0.262. The quantitative estimate of drug-likeness (QED) is 0.768. The zero-order chi connectivity index (χ0) is 13.4. The standard InChI is InChI=1S/C17H14O2/c1-11-6-7-14-15(8-11)17(10-19)13-5-3-2-4-12(13)16(14)9-18/h2-10,16-17H,1H3/t16-,17+/m0/s1. The smallest absolute Gasteiger partial charge is 0.131 e. The summed E-state index contributed by atoms with van der Waals surface area (Å²) < 4.78 is 0. The van der Waals surface area contributed by atoms with Gasteiger partial charge in [0, 0.05) is 0 Å². The number of benzene rings is 2. The van der Waals surface area contributed by atoms with Gasteiger partial charge in [0.25, 0.3) is 0 Å². The average Bonchev–Trinajstić information content (AvgIpc) is 2.44. The first-order valence-corrected chi connectivity index (χ1v) is 6.36. The molecule has 0 aromatic heterocycles. The van der Waals surface area contributed by atoms with Crippen LogP contribution in [0.4, 0.5) is 0 Å². The number of hydrogen-bond donors (Lipinski definition) is 0. The SMILES string of the molecule is Cc1ccc2c(c1)[C@H](C=O)c1ccccc1[C@@H]2C=O. The molecule has 2 aromatic rings. The van der Waals surface area contributed by atoms with Gasteiger partial charge in [0.2, 0.25) is 0 Å². The summed E-state index contributed by atoms with van der Waals surface area (Å²) in [7, 11) is 0. The van der Waals surface area contributed by atoms with Crippen molar-refractivity contribution in [3.63, 3.8) is 0 Å². The molecule has 0 unspecified atom stereocenters. The lowest BCUT2D eigenvalue weighted by molar-refractivity contribution is -0.109. The predicted octanol–water partition coefficient (Wildman–Crippen LogP) is 2.97. The molecule has 2 nitrogen and oxygen atoms in total. The van der Waals surface area contributed by atoms with Crippen LogP contribution in [0.1, 0.15) is 39.7 Å². The molecule has 1 aliphatic carbocycles. The molecule has 3 rings (SSSR count). The van der Waals surface area contributed by atoms with Gasteiger partial charge in [-0.1, -0.05) is 48.0 Å². The van der Waals surface area contributed by atoms with Crippen LogP contribution in [0.3, 0.4) is 0 Å². The maximum absolute atomic E-state index is 11.5. The number of fused-ring (bicyclic) bond motifs is 2. The van der Waals surface area contributed by atoms with Crippen molar-refractivity contribution in [3.05, 3.63) is 70.3 Å². The summed E-state index contributed by atoms with van der Waals surface area (Å²) in [5, 5.41) is 0. The Labute approximate surface area is 112 Å². The molecule has 2 heteroatoms. The second-order valence-electron chi connectivity index (χ2n) is 4.99. The highest BCUT2D eigenvalue weighted by Crippen LogP contribution is 2.41. The highest BCUT2D eigenvalue weighted by molar-refractivity contribution is 5.80. The molecule has 1 aliphatic rings. The Hall–Kier alpha value is -2.22. The Morgan fingerprint density at radius 1 is 0.789 bits per heavy atom. The van der Waals surface area contributed by atoms with Crippen LogP contribution in [-0.4, -0.2) is 12.6 Å². The predicted molar refractivity (Wildman–Crippen MR) is 73.4 cm³/mol. The van der Waals surface area contributed by atoms with Crippen LogP contribution in [0.5, 0.6) is 0 Å². The lowest BCUT2D eigenvalue weighted by Gasteiger charge is -2.29. The fraction of sp³-hybridized carbons (Fsp3) is 0.176. The molecule has 0 heterocycles. The molecule has 0 saturated heterocycles. The Kier molecular flexibility index (Phi) is 2.79. The molecule has 0 bridgehead atoms. The minimum absolute atomic E-state index is 0.261. The molecule has 0 N–H and O–H groups in total. The summed E-state index contributed by atoms with van der Waals surface area (Å²) in [5.41, 5.74) is 4.93. The van der Waals surface area contributed by atoms with Crippen LogP contribution in [0.15, 0.2) is 42.5 Å². The second kappa shape index (κ2) is 4.47. The number of carbonyl (C=O) groups excluding carboxylic acids is 2. The van der Waals surface area contributed by atoms with E-state index in [9.17, 15) is 9.59 Å². The molecule has 0 fully saturated rings. The van der Waals surface area contributed by atoms with E-state index in [0.717, 1.165) is 40.4 Å². The first kappa shape index (κ1) is 11.8. The van der Waals surface area contributed by atoms with Crippen molar-refractivity contribution in [1.82, 2.24) is 0 Å². The van der Waals surface area contributed by atoms with E-state index in [1.54, 1.807) is 0 Å². The Morgan fingerprint density at radius 2 is 1.32 bits per heavy atom. The highest BCUT2D eigenvalue weighted by atomic mass is 16.1. The van der Waals surface area contributed by atoms with Crippen LogP contribution in [0, 0.1) is 6.92 Å². The number of carbonyl (C=O) groups is 2. The monoisotopic (exact) mass is 250 g/mol. The van der Waals surface area contributed by atoms with E-state index in [1.165, 1.54) is 0 Å². The second-order valence-corrected chi connectivity index (χ2v) is 4.99. The minimum Gasteiger partial charge on any atom is -0.302 e. The van der Waals surface area contributed by atoms with Crippen molar-refractivity contribution in [3.8, 4) is 0 Å². The number of rotatable bonds is 2. The summed E-state index contributed by atoms with van der Waals surface area (Å²) in [4.78, 5) is 23.0. The summed E-state index contributed by atoms with van der Waals surface area (Å²) >= 11 is 0. The molecule has 0 aliphatic heterocycles. The largest absolute Gasteiger partial charge is 0.302 e. The lowest BCUT2D eigenvalue weighted by Crippen LogP contribution is -2.20. The van der Waals surface area contributed by atoms with Crippen LogP contribution in [0.2, 0.25) is 0 Å². The van der Waals surface area contributed by atoms with Crippen LogP contribution in [0.25, 0.3) is 0 Å². The number of aryl methyl sites for hydroxylation is 1. The van der Waals surface area contributed by atoms with E-state index in [0.29, 0.717) is 0 Å². The maximum Gasteiger partial charge on any atom is 0.131 e. The Morgan fingerprint density at radius 3 is 1.89 bits per heavy atom. The van der Waals surface area contributed by atoms with E-state index in [1.807, 2.05) is 49.4 Å². The molecule has 19 heavy (non-hydrogen) atoms. The van der Waals surface area contributed by atoms with Crippen molar-refractivity contribution < 1.29 is 9.59 Å². The normalized spacial score (nSPS) is 20.3. The molecule has 0 saturated carbocycles. The molecule has 0 radical (unpaired) electrons. The van der Waals surface area contributed by atoms with Gasteiger partial charge < -0.3 is 9.59 Å². The van der Waals surface area contributed by atoms with Gasteiger partial charge in [-0.15, -0.1) is 0 Å². The van der Waals surface area contributed by atoms with Crippen LogP contribution >= 0.6 is 0 Å². The van der Waals surface area contributed by atoms with E-state index >= 15 is 0 Å². The van der Waals surface area contributed by atoms with Crippen molar-refractivity contribution >= 4 is 12.6 Å². The van der Waals surface area contributed by atoms with Gasteiger partial charge in [0.15, 0.2) is 0 Å². The summed E-state index contributed by atoms with van der Waals surface area (Å²) in [5.74, 6) is -0.523. The van der Waals surface area contributed by atoms with E-state index in [-0.39, 0.29) is 11.8 Å².